The SMILES string of the molecule is CCCCc1nc2ccc(Br)cc2c(=O)n1N=Cc1cc(OC)c(OCc2cccc3ccccc23)c(Cl)c1Br. The lowest BCUT2D eigenvalue weighted by Crippen LogP contribution is -2.22. The number of benzene rings is 4. The predicted molar refractivity (Wildman–Crippen MR) is 169 cm³/mol. The molecule has 0 saturated carbocycles. The summed E-state index contributed by atoms with van der Waals surface area (Å²) in [5.74, 6) is 1.47. The van der Waals surface area contributed by atoms with Gasteiger partial charge in [0.1, 0.15) is 17.5 Å². The second kappa shape index (κ2) is 12.5. The van der Waals surface area contributed by atoms with Crippen LogP contribution in [0.1, 0.15) is 36.7 Å². The van der Waals surface area contributed by atoms with Crippen molar-refractivity contribution >= 4 is 71.4 Å². The number of aryl methyl sites for hydroxylation is 1. The van der Waals surface area contributed by atoms with Gasteiger partial charge in [-0.3, -0.25) is 4.79 Å². The molecule has 0 saturated heterocycles. The molecular formula is C31H26Br2ClN3O3. The first-order valence-corrected chi connectivity index (χ1v) is 14.8. The summed E-state index contributed by atoms with van der Waals surface area (Å²) < 4.78 is 14.6. The highest BCUT2D eigenvalue weighted by Crippen LogP contribution is 2.42. The molecule has 1 aromatic heterocycles. The van der Waals surface area contributed by atoms with Crippen LogP contribution in [0.25, 0.3) is 21.7 Å². The summed E-state index contributed by atoms with van der Waals surface area (Å²) in [7, 11) is 1.56. The maximum Gasteiger partial charge on any atom is 0.282 e. The average molecular weight is 684 g/mol. The average Bonchev–Trinajstić information content (AvgIpc) is 2.97. The molecule has 9 heteroatoms. The van der Waals surface area contributed by atoms with Crippen LogP contribution in [0.15, 0.2) is 85.6 Å². The molecular weight excluding hydrogens is 658 g/mol. The van der Waals surface area contributed by atoms with Crippen molar-refractivity contribution in [3.05, 3.63) is 108 Å². The predicted octanol–water partition coefficient (Wildman–Crippen LogP) is 8.54. The number of nitrogens with zero attached hydrogens (tertiary/aromatic N) is 3. The Kier molecular flexibility index (Phi) is 8.88. The van der Waals surface area contributed by atoms with E-state index in [0.717, 1.165) is 33.7 Å². The second-order valence-electron chi connectivity index (χ2n) is 9.21. The normalized spacial score (nSPS) is 11.5. The number of hydrogen-bond acceptors (Lipinski definition) is 5. The van der Waals surface area contributed by atoms with E-state index >= 15 is 0 Å². The fourth-order valence-electron chi connectivity index (χ4n) is 4.48. The molecule has 0 atom stereocenters. The molecule has 0 spiro atoms. The largest absolute Gasteiger partial charge is 0.493 e. The summed E-state index contributed by atoms with van der Waals surface area (Å²) in [6.07, 6.45) is 4.06. The van der Waals surface area contributed by atoms with Gasteiger partial charge in [-0.05, 0) is 63.0 Å². The van der Waals surface area contributed by atoms with Crippen molar-refractivity contribution in [2.45, 2.75) is 32.8 Å². The Balaban J connectivity index is 1.50. The van der Waals surface area contributed by atoms with Gasteiger partial charge in [-0.15, -0.1) is 0 Å². The number of fused-ring (bicyclic) bond motifs is 2. The molecule has 0 amide bonds. The maximum atomic E-state index is 13.4. The summed E-state index contributed by atoms with van der Waals surface area (Å²) >= 11 is 13.8. The number of aromatic nitrogens is 2. The van der Waals surface area contributed by atoms with Crippen LogP contribution in [-0.4, -0.2) is 23.0 Å². The molecule has 1 heterocycles. The highest BCUT2D eigenvalue weighted by Gasteiger charge is 2.18. The molecule has 0 fully saturated rings. The van der Waals surface area contributed by atoms with Crippen LogP contribution in [0.5, 0.6) is 11.5 Å². The number of methoxy groups -OCH3 is 1. The third kappa shape index (κ3) is 5.80. The number of unbranched alkanes of at least 4 members (excludes halogenated alkanes) is 1. The molecule has 0 aliphatic heterocycles. The van der Waals surface area contributed by atoms with Gasteiger partial charge in [0.05, 0.1) is 24.2 Å². The molecule has 4 aromatic carbocycles. The summed E-state index contributed by atoms with van der Waals surface area (Å²) in [4.78, 5) is 18.2. The minimum Gasteiger partial charge on any atom is -0.493 e. The number of ether oxygens (including phenoxy) is 2. The fraction of sp³-hybridized carbons (Fsp3) is 0.194. The van der Waals surface area contributed by atoms with Crippen LogP contribution >= 0.6 is 43.5 Å². The number of hydrogen-bond donors (Lipinski definition) is 0. The summed E-state index contributed by atoms with van der Waals surface area (Å²) in [5.41, 5.74) is 2.07. The van der Waals surface area contributed by atoms with Gasteiger partial charge in [0.25, 0.3) is 5.56 Å². The second-order valence-corrected chi connectivity index (χ2v) is 11.3. The molecule has 0 radical (unpaired) electrons. The van der Waals surface area contributed by atoms with Crippen LogP contribution in [0.4, 0.5) is 0 Å². The monoisotopic (exact) mass is 681 g/mol. The zero-order chi connectivity index (χ0) is 28.2. The van der Waals surface area contributed by atoms with Crippen molar-refractivity contribution in [2.24, 2.45) is 5.10 Å². The molecule has 0 N–H and O–H groups in total. The molecule has 0 unspecified atom stereocenters. The molecule has 5 aromatic rings. The van der Waals surface area contributed by atoms with Crippen molar-refractivity contribution in [2.75, 3.05) is 7.11 Å². The Morgan fingerprint density at radius 1 is 1.05 bits per heavy atom. The Morgan fingerprint density at radius 3 is 2.65 bits per heavy atom. The lowest BCUT2D eigenvalue weighted by atomic mass is 10.1. The molecule has 0 bridgehead atoms. The molecule has 0 aliphatic rings. The summed E-state index contributed by atoms with van der Waals surface area (Å²) in [5, 5.41) is 7.64. The maximum absolute atomic E-state index is 13.4. The van der Waals surface area contributed by atoms with Gasteiger partial charge < -0.3 is 9.47 Å². The van der Waals surface area contributed by atoms with Gasteiger partial charge in [0, 0.05) is 20.9 Å². The Morgan fingerprint density at radius 2 is 1.85 bits per heavy atom. The lowest BCUT2D eigenvalue weighted by Gasteiger charge is -2.16. The fourth-order valence-corrected chi connectivity index (χ4v) is 5.50. The van der Waals surface area contributed by atoms with Gasteiger partial charge in [-0.25, -0.2) is 4.98 Å². The van der Waals surface area contributed by atoms with Crippen molar-refractivity contribution in [1.29, 1.82) is 0 Å². The van der Waals surface area contributed by atoms with Gasteiger partial charge in [-0.1, -0.05) is 83.3 Å². The minimum atomic E-state index is -0.238. The standard InChI is InChI=1S/C31H26Br2ClN3O3/c1-3-4-12-27-36-25-14-13-22(32)16-24(25)31(38)37(27)35-17-21-15-26(39-2)30(29(34)28(21)33)40-18-20-10-7-9-19-8-5-6-11-23(19)20/h5-11,13-17H,3-4,12,18H2,1-2H3. The van der Waals surface area contributed by atoms with Crippen LogP contribution in [0, 0.1) is 0 Å². The van der Waals surface area contributed by atoms with Gasteiger partial charge >= 0.3 is 0 Å². The van der Waals surface area contributed by atoms with Crippen molar-refractivity contribution in [1.82, 2.24) is 9.66 Å². The molecule has 6 nitrogen and oxygen atoms in total. The van der Waals surface area contributed by atoms with Gasteiger partial charge in [-0.2, -0.15) is 9.78 Å². The first kappa shape index (κ1) is 28.3. The highest BCUT2D eigenvalue weighted by molar-refractivity contribution is 9.10. The van der Waals surface area contributed by atoms with Gasteiger partial charge in [0.2, 0.25) is 0 Å². The zero-order valence-corrected chi connectivity index (χ0v) is 25.9. The van der Waals surface area contributed by atoms with Crippen molar-refractivity contribution in [3.63, 3.8) is 0 Å². The smallest absolute Gasteiger partial charge is 0.282 e. The van der Waals surface area contributed by atoms with Crippen LogP contribution in [0.2, 0.25) is 5.02 Å². The Bertz CT molecular complexity index is 1800. The quantitative estimate of drug-likeness (QED) is 0.146. The van der Waals surface area contributed by atoms with Crippen LogP contribution < -0.4 is 15.0 Å². The number of halogens is 3. The molecule has 5 rings (SSSR count). The third-order valence-electron chi connectivity index (χ3n) is 6.57. The van der Waals surface area contributed by atoms with Crippen molar-refractivity contribution in [3.8, 4) is 11.5 Å². The van der Waals surface area contributed by atoms with Gasteiger partial charge in [0.15, 0.2) is 11.5 Å². The molecule has 40 heavy (non-hydrogen) atoms. The number of rotatable bonds is 9. The summed E-state index contributed by atoms with van der Waals surface area (Å²) in [6.45, 7) is 2.41. The topological polar surface area (TPSA) is 65.7 Å². The van der Waals surface area contributed by atoms with E-state index in [9.17, 15) is 4.79 Å². The van der Waals surface area contributed by atoms with E-state index in [1.807, 2.05) is 36.4 Å². The van der Waals surface area contributed by atoms with Crippen LogP contribution in [0.3, 0.4) is 0 Å². The van der Waals surface area contributed by atoms with E-state index < -0.39 is 0 Å². The Hall–Kier alpha value is -3.20. The first-order valence-electron chi connectivity index (χ1n) is 12.8. The van der Waals surface area contributed by atoms with E-state index in [1.54, 1.807) is 25.5 Å². The van der Waals surface area contributed by atoms with Crippen molar-refractivity contribution < 1.29 is 9.47 Å². The Labute approximate surface area is 253 Å². The van der Waals surface area contributed by atoms with E-state index in [1.165, 1.54) is 4.68 Å². The van der Waals surface area contributed by atoms with E-state index in [2.05, 4.69) is 62.1 Å². The summed E-state index contributed by atoms with van der Waals surface area (Å²) in [6, 6.07) is 21.5. The molecule has 204 valence electrons. The van der Waals surface area contributed by atoms with E-state index in [-0.39, 0.29) is 5.56 Å². The minimum absolute atomic E-state index is 0.238. The first-order chi connectivity index (χ1) is 19.4. The zero-order valence-electron chi connectivity index (χ0n) is 22.0. The van der Waals surface area contributed by atoms with E-state index in [0.29, 0.717) is 56.3 Å². The highest BCUT2D eigenvalue weighted by atomic mass is 79.9. The molecule has 0 aliphatic carbocycles. The lowest BCUT2D eigenvalue weighted by molar-refractivity contribution is 0.285. The third-order valence-corrected chi connectivity index (χ3v) is 8.51. The van der Waals surface area contributed by atoms with E-state index in [4.69, 9.17) is 26.1 Å². The van der Waals surface area contributed by atoms with Crippen LogP contribution in [-0.2, 0) is 13.0 Å².